The molecule has 0 aliphatic carbocycles. The van der Waals surface area contributed by atoms with Crippen LogP contribution in [0.15, 0.2) is 35.3 Å². The minimum Gasteiger partial charge on any atom is -0.464 e. The van der Waals surface area contributed by atoms with E-state index in [1.165, 1.54) is 7.11 Å². The summed E-state index contributed by atoms with van der Waals surface area (Å²) >= 11 is 0. The van der Waals surface area contributed by atoms with Crippen molar-refractivity contribution >= 4 is 22.7 Å². The van der Waals surface area contributed by atoms with Gasteiger partial charge < -0.3 is 19.4 Å². The Morgan fingerprint density at radius 2 is 2.18 bits per heavy atom. The van der Waals surface area contributed by atoms with Gasteiger partial charge in [0.2, 0.25) is 0 Å². The van der Waals surface area contributed by atoms with Crippen molar-refractivity contribution in [3.05, 3.63) is 63.3 Å². The highest BCUT2D eigenvalue weighted by molar-refractivity contribution is 5.87. The van der Waals surface area contributed by atoms with Crippen molar-refractivity contribution in [1.82, 2.24) is 19.9 Å². The fourth-order valence-corrected chi connectivity index (χ4v) is 4.67. The van der Waals surface area contributed by atoms with Gasteiger partial charge in [0, 0.05) is 37.9 Å². The molecule has 9 heteroatoms. The zero-order valence-electron chi connectivity index (χ0n) is 18.8. The van der Waals surface area contributed by atoms with Gasteiger partial charge in [-0.15, -0.1) is 0 Å². The number of aryl methyl sites for hydroxylation is 1. The van der Waals surface area contributed by atoms with Crippen molar-refractivity contribution in [2.24, 2.45) is 0 Å². The van der Waals surface area contributed by atoms with E-state index >= 15 is 0 Å². The molecule has 1 saturated heterocycles. The number of nitrogens with zero attached hydrogens (tertiary/aromatic N) is 4. The topological polar surface area (TPSA) is 101 Å². The zero-order valence-corrected chi connectivity index (χ0v) is 18.8. The summed E-state index contributed by atoms with van der Waals surface area (Å²) in [4.78, 5) is 40.8. The molecule has 172 valence electrons. The molecule has 0 aromatic carbocycles. The monoisotopic (exact) mass is 449 g/mol. The lowest BCUT2D eigenvalue weighted by atomic mass is 10.1. The number of fused-ring (bicyclic) bond motifs is 4. The number of hydrogen-bond donors (Lipinski definition) is 1. The second-order valence-corrected chi connectivity index (χ2v) is 8.50. The number of nitrogens with one attached hydrogen (secondary N) is 1. The van der Waals surface area contributed by atoms with Gasteiger partial charge in [0.05, 0.1) is 48.8 Å². The standard InChI is InChI=1S/C24H27N5O4/c1-3-16-9-19-20(27-23(16)30)8-15(10-25-19)11-28-6-7-29-17(12-28)13-33-14-21-22(29)5-4-18(26-21)24(31)32-2/h4-5,8-10,17H,3,6-7,11-14H2,1-2H3,(H,27,30). The lowest BCUT2D eigenvalue weighted by Crippen LogP contribution is -2.54. The third-order valence-electron chi connectivity index (χ3n) is 6.38. The number of ether oxygens (including phenoxy) is 2. The van der Waals surface area contributed by atoms with Crippen LogP contribution in [0.5, 0.6) is 0 Å². The molecule has 0 saturated carbocycles. The number of aromatic nitrogens is 3. The van der Waals surface area contributed by atoms with Gasteiger partial charge >= 0.3 is 5.97 Å². The van der Waals surface area contributed by atoms with Gasteiger partial charge in [-0.05, 0) is 36.2 Å². The maximum atomic E-state index is 12.2. The second kappa shape index (κ2) is 8.92. The highest BCUT2D eigenvalue weighted by Gasteiger charge is 2.31. The van der Waals surface area contributed by atoms with Crippen LogP contribution in [0.4, 0.5) is 5.69 Å². The summed E-state index contributed by atoms with van der Waals surface area (Å²) < 4.78 is 10.7. The largest absolute Gasteiger partial charge is 0.464 e. The Balaban J connectivity index is 1.32. The van der Waals surface area contributed by atoms with Crippen molar-refractivity contribution in [2.75, 3.05) is 38.3 Å². The normalized spacial score (nSPS) is 18.5. The van der Waals surface area contributed by atoms with Crippen molar-refractivity contribution < 1.29 is 14.3 Å². The summed E-state index contributed by atoms with van der Waals surface area (Å²) in [6.07, 6.45) is 2.58. The van der Waals surface area contributed by atoms with E-state index < -0.39 is 5.97 Å². The molecule has 2 aliphatic heterocycles. The Hall–Kier alpha value is -3.30. The third kappa shape index (κ3) is 4.21. The Morgan fingerprint density at radius 1 is 1.30 bits per heavy atom. The minimum absolute atomic E-state index is 0.0456. The van der Waals surface area contributed by atoms with Gasteiger partial charge in [0.25, 0.3) is 5.56 Å². The molecule has 5 heterocycles. The van der Waals surface area contributed by atoms with Crippen LogP contribution in [0.2, 0.25) is 0 Å². The number of methoxy groups -OCH3 is 1. The molecule has 9 nitrogen and oxygen atoms in total. The van der Waals surface area contributed by atoms with E-state index in [0.717, 1.165) is 59.7 Å². The molecule has 5 rings (SSSR count). The Bertz CT molecular complexity index is 1260. The summed E-state index contributed by atoms with van der Waals surface area (Å²) in [5.41, 5.74) is 5.43. The smallest absolute Gasteiger partial charge is 0.356 e. The van der Waals surface area contributed by atoms with Crippen LogP contribution in [-0.4, -0.2) is 65.2 Å². The van der Waals surface area contributed by atoms with Crippen LogP contribution in [0.3, 0.4) is 0 Å². The van der Waals surface area contributed by atoms with Crippen LogP contribution >= 0.6 is 0 Å². The molecule has 1 N–H and O–H groups in total. The van der Waals surface area contributed by atoms with E-state index in [-0.39, 0.29) is 11.6 Å². The quantitative estimate of drug-likeness (QED) is 0.603. The molecule has 1 atom stereocenters. The lowest BCUT2D eigenvalue weighted by molar-refractivity contribution is 0.0592. The van der Waals surface area contributed by atoms with E-state index in [4.69, 9.17) is 9.47 Å². The predicted octanol–water partition coefficient (Wildman–Crippen LogP) is 1.89. The molecule has 1 fully saturated rings. The molecule has 2 aliphatic rings. The number of piperazine rings is 1. The van der Waals surface area contributed by atoms with Gasteiger partial charge in [0.15, 0.2) is 0 Å². The number of rotatable bonds is 4. The second-order valence-electron chi connectivity index (χ2n) is 8.50. The van der Waals surface area contributed by atoms with Gasteiger partial charge in [0.1, 0.15) is 5.69 Å². The van der Waals surface area contributed by atoms with Crippen molar-refractivity contribution in [3.63, 3.8) is 0 Å². The van der Waals surface area contributed by atoms with E-state index in [1.807, 2.05) is 31.3 Å². The first-order valence-electron chi connectivity index (χ1n) is 11.2. The van der Waals surface area contributed by atoms with Gasteiger partial charge in [-0.25, -0.2) is 9.78 Å². The highest BCUT2D eigenvalue weighted by atomic mass is 16.5. The van der Waals surface area contributed by atoms with Gasteiger partial charge in [-0.1, -0.05) is 6.92 Å². The average molecular weight is 450 g/mol. The number of anilines is 1. The predicted molar refractivity (Wildman–Crippen MR) is 123 cm³/mol. The highest BCUT2D eigenvalue weighted by Crippen LogP contribution is 2.29. The maximum absolute atomic E-state index is 12.2. The van der Waals surface area contributed by atoms with Crippen molar-refractivity contribution in [3.8, 4) is 0 Å². The van der Waals surface area contributed by atoms with Crippen LogP contribution in [0, 0.1) is 0 Å². The zero-order chi connectivity index (χ0) is 22.9. The van der Waals surface area contributed by atoms with E-state index in [0.29, 0.717) is 25.3 Å². The number of aromatic amines is 1. The van der Waals surface area contributed by atoms with Gasteiger partial charge in [-0.3, -0.25) is 14.7 Å². The van der Waals surface area contributed by atoms with Crippen LogP contribution in [0.25, 0.3) is 11.0 Å². The van der Waals surface area contributed by atoms with Crippen LogP contribution in [0.1, 0.15) is 34.2 Å². The molecular weight excluding hydrogens is 422 g/mol. The lowest BCUT2D eigenvalue weighted by Gasteiger charge is -2.41. The molecule has 3 aromatic rings. The summed E-state index contributed by atoms with van der Waals surface area (Å²) in [5.74, 6) is -0.445. The Kier molecular flexibility index (Phi) is 5.82. The summed E-state index contributed by atoms with van der Waals surface area (Å²) in [6, 6.07) is 7.74. The number of pyridine rings is 3. The summed E-state index contributed by atoms with van der Waals surface area (Å²) in [5, 5.41) is 0. The molecule has 0 amide bonds. The first kappa shape index (κ1) is 21.5. The maximum Gasteiger partial charge on any atom is 0.356 e. The van der Waals surface area contributed by atoms with Crippen molar-refractivity contribution in [1.29, 1.82) is 0 Å². The average Bonchev–Trinajstić information content (AvgIpc) is 3.01. The van der Waals surface area contributed by atoms with E-state index in [2.05, 4.69) is 24.8 Å². The first-order chi connectivity index (χ1) is 16.1. The molecule has 3 aromatic heterocycles. The molecule has 0 spiro atoms. The van der Waals surface area contributed by atoms with Crippen LogP contribution in [-0.2, 0) is 29.0 Å². The molecule has 33 heavy (non-hydrogen) atoms. The molecule has 0 bridgehead atoms. The number of H-pyrrole nitrogens is 1. The molecular formula is C24H27N5O4. The van der Waals surface area contributed by atoms with E-state index in [1.54, 1.807) is 6.07 Å². The minimum atomic E-state index is -0.445. The molecule has 0 radical (unpaired) electrons. The number of esters is 1. The fourth-order valence-electron chi connectivity index (χ4n) is 4.67. The SMILES string of the molecule is CCc1cc2ncc(CN3CCN4c5ccc(C(=O)OC)nc5COCC4C3)cc2[nH]c1=O. The fraction of sp³-hybridized carbons (Fsp3) is 0.417. The molecule has 1 unspecified atom stereocenters. The summed E-state index contributed by atoms with van der Waals surface area (Å²) in [7, 11) is 1.35. The Morgan fingerprint density at radius 3 is 3.00 bits per heavy atom. The number of hydrogen-bond acceptors (Lipinski definition) is 8. The first-order valence-corrected chi connectivity index (χ1v) is 11.2. The van der Waals surface area contributed by atoms with Gasteiger partial charge in [-0.2, -0.15) is 0 Å². The van der Waals surface area contributed by atoms with Crippen LogP contribution < -0.4 is 10.5 Å². The van der Waals surface area contributed by atoms with Crippen molar-refractivity contribution in [2.45, 2.75) is 32.5 Å². The number of carbonyl (C=O) groups excluding carboxylic acids is 1. The number of carbonyl (C=O) groups is 1. The Labute approximate surface area is 191 Å². The summed E-state index contributed by atoms with van der Waals surface area (Å²) in [6.45, 7) is 6.21. The van der Waals surface area contributed by atoms with E-state index in [9.17, 15) is 9.59 Å². The third-order valence-corrected chi connectivity index (χ3v) is 6.38.